The predicted molar refractivity (Wildman–Crippen MR) is 80.5 cm³/mol. The lowest BCUT2D eigenvalue weighted by Crippen LogP contribution is -1.96. The summed E-state index contributed by atoms with van der Waals surface area (Å²) < 4.78 is 0. The fourth-order valence-electron chi connectivity index (χ4n) is 2.17. The molecule has 0 radical (unpaired) electrons. The van der Waals surface area contributed by atoms with Crippen molar-refractivity contribution in [1.82, 2.24) is 0 Å². The summed E-state index contributed by atoms with van der Waals surface area (Å²) in [6, 6.07) is 13.5. The average Bonchev–Trinajstić information content (AvgIpc) is 2.41. The zero-order valence-electron chi connectivity index (χ0n) is 11.6. The molecule has 1 N–H and O–H groups in total. The Kier molecular flexibility index (Phi) is 4.00. The molecule has 0 spiro atoms. The molecule has 98 valence electrons. The van der Waals surface area contributed by atoms with Crippen molar-refractivity contribution < 1.29 is 5.11 Å². The second-order valence-corrected chi connectivity index (χ2v) is 4.65. The molecule has 2 aromatic carbocycles. The summed E-state index contributed by atoms with van der Waals surface area (Å²) >= 11 is 0. The number of benzene rings is 2. The lowest BCUT2D eigenvalue weighted by molar-refractivity contribution is 0.474. The monoisotopic (exact) mass is 253 g/mol. The standard InChI is InChI=1S/C17H19NO/c1-4-14-9-7-8-12(2)17(14)18-13(3)15-10-5-6-11-16(15)19/h5-11,19H,4H2,1-3H3. The molecule has 0 unspecified atom stereocenters. The molecular formula is C17H19NO. The third-order valence-electron chi connectivity index (χ3n) is 3.28. The van der Waals surface area contributed by atoms with Gasteiger partial charge in [0, 0.05) is 11.3 Å². The van der Waals surface area contributed by atoms with Crippen molar-refractivity contribution in [3.05, 3.63) is 59.2 Å². The first-order valence-electron chi connectivity index (χ1n) is 6.55. The molecule has 0 aliphatic heterocycles. The van der Waals surface area contributed by atoms with Gasteiger partial charge in [0.05, 0.1) is 5.69 Å². The van der Waals surface area contributed by atoms with Gasteiger partial charge in [-0.15, -0.1) is 0 Å². The summed E-state index contributed by atoms with van der Waals surface area (Å²) in [5.41, 5.74) is 5.03. The van der Waals surface area contributed by atoms with Crippen molar-refractivity contribution >= 4 is 11.4 Å². The Bertz CT molecular complexity index is 614. The number of hydrogen-bond donors (Lipinski definition) is 1. The maximum absolute atomic E-state index is 9.87. The fourth-order valence-corrected chi connectivity index (χ4v) is 2.17. The zero-order chi connectivity index (χ0) is 13.8. The molecule has 0 fully saturated rings. The van der Waals surface area contributed by atoms with Gasteiger partial charge in [0.2, 0.25) is 0 Å². The third kappa shape index (κ3) is 2.84. The van der Waals surface area contributed by atoms with E-state index >= 15 is 0 Å². The zero-order valence-corrected chi connectivity index (χ0v) is 11.6. The number of hydrogen-bond acceptors (Lipinski definition) is 2. The first kappa shape index (κ1) is 13.3. The van der Waals surface area contributed by atoms with Crippen LogP contribution in [0.1, 0.15) is 30.5 Å². The van der Waals surface area contributed by atoms with Gasteiger partial charge < -0.3 is 5.11 Å². The van der Waals surface area contributed by atoms with Gasteiger partial charge in [0.15, 0.2) is 0 Å². The summed E-state index contributed by atoms with van der Waals surface area (Å²) in [7, 11) is 0. The highest BCUT2D eigenvalue weighted by Crippen LogP contribution is 2.26. The molecule has 2 aromatic rings. The van der Waals surface area contributed by atoms with Crippen molar-refractivity contribution in [3.63, 3.8) is 0 Å². The quantitative estimate of drug-likeness (QED) is 0.808. The van der Waals surface area contributed by atoms with Crippen molar-refractivity contribution in [2.75, 3.05) is 0 Å². The first-order valence-corrected chi connectivity index (χ1v) is 6.55. The van der Waals surface area contributed by atoms with E-state index in [9.17, 15) is 5.11 Å². The van der Waals surface area contributed by atoms with Crippen LogP contribution in [0.25, 0.3) is 0 Å². The number of phenolic OH excluding ortho intramolecular Hbond substituents is 1. The van der Waals surface area contributed by atoms with Gasteiger partial charge in [0.25, 0.3) is 0 Å². The molecule has 19 heavy (non-hydrogen) atoms. The van der Waals surface area contributed by atoms with E-state index < -0.39 is 0 Å². The van der Waals surface area contributed by atoms with E-state index in [0.29, 0.717) is 0 Å². The van der Waals surface area contributed by atoms with Crippen LogP contribution in [0.2, 0.25) is 0 Å². The van der Waals surface area contributed by atoms with Crippen LogP contribution in [-0.2, 0) is 6.42 Å². The van der Waals surface area contributed by atoms with Crippen molar-refractivity contribution in [2.45, 2.75) is 27.2 Å². The molecule has 0 saturated heterocycles. The van der Waals surface area contributed by atoms with E-state index in [4.69, 9.17) is 4.99 Å². The maximum Gasteiger partial charge on any atom is 0.124 e. The average molecular weight is 253 g/mol. The molecule has 0 bridgehead atoms. The molecule has 2 rings (SSSR count). The number of rotatable bonds is 3. The second-order valence-electron chi connectivity index (χ2n) is 4.65. The number of aliphatic imine (C=N–C) groups is 1. The summed E-state index contributed by atoms with van der Waals surface area (Å²) in [5.74, 6) is 0.274. The molecule has 2 nitrogen and oxygen atoms in total. The minimum absolute atomic E-state index is 0.274. The Labute approximate surface area is 114 Å². The maximum atomic E-state index is 9.87. The van der Waals surface area contributed by atoms with Gasteiger partial charge in [-0.05, 0) is 43.5 Å². The molecule has 2 heteroatoms. The Morgan fingerprint density at radius 3 is 2.53 bits per heavy atom. The van der Waals surface area contributed by atoms with E-state index in [1.165, 1.54) is 5.56 Å². The number of aryl methyl sites for hydroxylation is 2. The van der Waals surface area contributed by atoms with Crippen LogP contribution in [0.4, 0.5) is 5.69 Å². The SMILES string of the molecule is CCc1cccc(C)c1N=C(C)c1ccccc1O. The van der Waals surface area contributed by atoms with E-state index in [1.54, 1.807) is 6.07 Å². The first-order chi connectivity index (χ1) is 9.13. The topological polar surface area (TPSA) is 32.6 Å². The highest BCUT2D eigenvalue weighted by atomic mass is 16.3. The molecule has 0 aromatic heterocycles. The van der Waals surface area contributed by atoms with Gasteiger partial charge in [-0.3, -0.25) is 4.99 Å². The van der Waals surface area contributed by atoms with Crippen LogP contribution in [-0.4, -0.2) is 10.8 Å². The number of phenols is 1. The lowest BCUT2D eigenvalue weighted by atomic mass is 10.1. The summed E-state index contributed by atoms with van der Waals surface area (Å²) in [6.07, 6.45) is 0.953. The van der Waals surface area contributed by atoms with E-state index in [2.05, 4.69) is 32.0 Å². The van der Waals surface area contributed by atoms with Gasteiger partial charge >= 0.3 is 0 Å². The van der Waals surface area contributed by atoms with Gasteiger partial charge in [-0.25, -0.2) is 0 Å². The number of aromatic hydroxyl groups is 1. The van der Waals surface area contributed by atoms with Crippen LogP contribution in [0.15, 0.2) is 47.5 Å². The summed E-state index contributed by atoms with van der Waals surface area (Å²) in [6.45, 7) is 6.13. The van der Waals surface area contributed by atoms with E-state index in [0.717, 1.165) is 28.9 Å². The van der Waals surface area contributed by atoms with Crippen molar-refractivity contribution in [3.8, 4) is 5.75 Å². The summed E-state index contributed by atoms with van der Waals surface area (Å²) in [4.78, 5) is 4.72. The Hall–Kier alpha value is -2.09. The fraction of sp³-hybridized carbons (Fsp3) is 0.235. The molecule has 0 saturated carbocycles. The minimum Gasteiger partial charge on any atom is -0.507 e. The number of para-hydroxylation sites is 2. The Morgan fingerprint density at radius 2 is 1.84 bits per heavy atom. The van der Waals surface area contributed by atoms with Gasteiger partial charge in [0.1, 0.15) is 5.75 Å². The second kappa shape index (κ2) is 5.70. The van der Waals surface area contributed by atoms with Crippen LogP contribution < -0.4 is 0 Å². The number of nitrogens with zero attached hydrogens (tertiary/aromatic N) is 1. The molecule has 0 amide bonds. The van der Waals surface area contributed by atoms with Crippen LogP contribution in [0.5, 0.6) is 5.75 Å². The Morgan fingerprint density at radius 1 is 1.11 bits per heavy atom. The molecule has 0 atom stereocenters. The minimum atomic E-state index is 0.274. The summed E-state index contributed by atoms with van der Waals surface area (Å²) in [5, 5.41) is 9.87. The molecule has 0 heterocycles. The smallest absolute Gasteiger partial charge is 0.124 e. The molecule has 0 aliphatic carbocycles. The van der Waals surface area contributed by atoms with Gasteiger partial charge in [-0.1, -0.05) is 37.3 Å². The van der Waals surface area contributed by atoms with Crippen molar-refractivity contribution in [2.24, 2.45) is 4.99 Å². The van der Waals surface area contributed by atoms with Crippen molar-refractivity contribution in [1.29, 1.82) is 0 Å². The van der Waals surface area contributed by atoms with Crippen LogP contribution >= 0.6 is 0 Å². The lowest BCUT2D eigenvalue weighted by Gasteiger charge is -2.09. The molecule has 0 aliphatic rings. The predicted octanol–water partition coefficient (Wildman–Crippen LogP) is 4.40. The van der Waals surface area contributed by atoms with E-state index in [1.807, 2.05) is 25.1 Å². The van der Waals surface area contributed by atoms with Crippen LogP contribution in [0, 0.1) is 6.92 Å². The Balaban J connectivity index is 2.50. The largest absolute Gasteiger partial charge is 0.507 e. The highest BCUT2D eigenvalue weighted by Gasteiger charge is 2.07. The molecular weight excluding hydrogens is 234 g/mol. The van der Waals surface area contributed by atoms with E-state index in [-0.39, 0.29) is 5.75 Å². The highest BCUT2D eigenvalue weighted by molar-refractivity contribution is 6.02. The normalized spacial score (nSPS) is 11.6. The van der Waals surface area contributed by atoms with Crippen LogP contribution in [0.3, 0.4) is 0 Å². The van der Waals surface area contributed by atoms with Gasteiger partial charge in [-0.2, -0.15) is 0 Å². The third-order valence-corrected chi connectivity index (χ3v) is 3.28.